The average Bonchev–Trinajstić information content (AvgIpc) is 1.79. The lowest BCUT2D eigenvalue weighted by Crippen LogP contribution is -2.16. The number of hydroxylamine groups is 1. The molecule has 10 heavy (non-hydrogen) atoms. The first-order valence-corrected chi connectivity index (χ1v) is 3.74. The largest absolute Gasteiger partial charge is 0.297 e. The molecule has 0 aliphatic heterocycles. The molecule has 0 aromatic rings. The molecule has 0 unspecified atom stereocenters. The highest BCUT2D eigenvalue weighted by atomic mass is 79.9. The van der Waals surface area contributed by atoms with Gasteiger partial charge in [-0.25, -0.2) is 0 Å². The van der Waals surface area contributed by atoms with Crippen molar-refractivity contribution in [3.63, 3.8) is 0 Å². The van der Waals surface area contributed by atoms with E-state index < -0.39 is 0 Å². The summed E-state index contributed by atoms with van der Waals surface area (Å²) in [7, 11) is 0. The Morgan fingerprint density at radius 3 is 2.60 bits per heavy atom. The van der Waals surface area contributed by atoms with Gasteiger partial charge in [-0.2, -0.15) is 5.48 Å². The summed E-state index contributed by atoms with van der Waals surface area (Å²) in [6.07, 6.45) is 0. The zero-order valence-electron chi connectivity index (χ0n) is 6.11. The Hall–Kier alpha value is -0.120. The van der Waals surface area contributed by atoms with Gasteiger partial charge in [0.05, 0.1) is 13.2 Å². The molecule has 0 radical (unpaired) electrons. The summed E-state index contributed by atoms with van der Waals surface area (Å²) >= 11 is 3.18. The topological polar surface area (TPSA) is 21.3 Å². The van der Waals surface area contributed by atoms with Gasteiger partial charge < -0.3 is 0 Å². The molecule has 0 aromatic carbocycles. The van der Waals surface area contributed by atoms with Crippen LogP contribution in [-0.4, -0.2) is 13.2 Å². The van der Waals surface area contributed by atoms with Crippen LogP contribution in [0.5, 0.6) is 0 Å². The highest BCUT2D eigenvalue weighted by Gasteiger charge is 1.87. The van der Waals surface area contributed by atoms with Gasteiger partial charge in [-0.15, -0.1) is 0 Å². The lowest BCUT2D eigenvalue weighted by molar-refractivity contribution is 0.0657. The predicted molar refractivity (Wildman–Crippen MR) is 46.8 cm³/mol. The number of hydrogen-bond donors (Lipinski definition) is 1. The van der Waals surface area contributed by atoms with Crippen molar-refractivity contribution in [2.24, 2.45) is 0 Å². The SMILES string of the molecule is C=C(C)CONCC(=C)Br. The quantitative estimate of drug-likeness (QED) is 0.422. The van der Waals surface area contributed by atoms with Crippen molar-refractivity contribution in [3.8, 4) is 0 Å². The molecule has 0 rings (SSSR count). The van der Waals surface area contributed by atoms with E-state index in [0.717, 1.165) is 10.1 Å². The second-order valence-corrected chi connectivity index (χ2v) is 3.21. The van der Waals surface area contributed by atoms with E-state index in [4.69, 9.17) is 4.84 Å². The molecule has 3 heteroatoms. The zero-order valence-corrected chi connectivity index (χ0v) is 7.70. The third-order valence-electron chi connectivity index (χ3n) is 0.685. The molecule has 0 fully saturated rings. The van der Waals surface area contributed by atoms with Gasteiger partial charge in [0, 0.05) is 4.48 Å². The maximum absolute atomic E-state index is 4.97. The monoisotopic (exact) mass is 205 g/mol. The Morgan fingerprint density at radius 1 is 1.60 bits per heavy atom. The predicted octanol–water partition coefficient (Wildman–Crippen LogP) is 1.99. The first-order chi connectivity index (χ1) is 4.63. The zero-order chi connectivity index (χ0) is 7.98. The van der Waals surface area contributed by atoms with E-state index in [9.17, 15) is 0 Å². The lowest BCUT2D eigenvalue weighted by Gasteiger charge is -2.02. The molecule has 0 aliphatic carbocycles. The smallest absolute Gasteiger partial charge is 0.0887 e. The van der Waals surface area contributed by atoms with E-state index in [1.165, 1.54) is 0 Å². The number of rotatable bonds is 5. The lowest BCUT2D eigenvalue weighted by atomic mass is 10.4. The van der Waals surface area contributed by atoms with Crippen LogP contribution in [0, 0.1) is 0 Å². The maximum atomic E-state index is 4.97. The van der Waals surface area contributed by atoms with Crippen molar-refractivity contribution in [1.29, 1.82) is 0 Å². The first kappa shape index (κ1) is 9.88. The minimum atomic E-state index is 0.542. The summed E-state index contributed by atoms with van der Waals surface area (Å²) in [4.78, 5) is 4.97. The second-order valence-electron chi connectivity index (χ2n) is 2.08. The maximum Gasteiger partial charge on any atom is 0.0887 e. The van der Waals surface area contributed by atoms with Gasteiger partial charge >= 0.3 is 0 Å². The van der Waals surface area contributed by atoms with E-state index in [-0.39, 0.29) is 0 Å². The van der Waals surface area contributed by atoms with Crippen molar-refractivity contribution in [2.75, 3.05) is 13.2 Å². The van der Waals surface area contributed by atoms with E-state index in [2.05, 4.69) is 34.6 Å². The molecular weight excluding hydrogens is 194 g/mol. The summed E-state index contributed by atoms with van der Waals surface area (Å²) in [5.41, 5.74) is 3.70. The van der Waals surface area contributed by atoms with Crippen molar-refractivity contribution in [1.82, 2.24) is 5.48 Å². The van der Waals surface area contributed by atoms with Crippen LogP contribution in [-0.2, 0) is 4.84 Å². The number of nitrogens with one attached hydrogen (secondary N) is 1. The number of hydrogen-bond acceptors (Lipinski definition) is 2. The summed E-state index contributed by atoms with van der Waals surface area (Å²) in [5.74, 6) is 0. The van der Waals surface area contributed by atoms with Gasteiger partial charge in [0.1, 0.15) is 0 Å². The molecular formula is C7H12BrNO. The summed E-state index contributed by atoms with van der Waals surface area (Å²) in [6, 6.07) is 0. The van der Waals surface area contributed by atoms with Crippen LogP contribution in [0.3, 0.4) is 0 Å². The Labute approximate surface area is 70.0 Å². The van der Waals surface area contributed by atoms with E-state index in [1.54, 1.807) is 0 Å². The standard InChI is InChI=1S/C7H12BrNO/c1-6(2)5-10-9-4-7(3)8/h9H,1,3-5H2,2H3. The van der Waals surface area contributed by atoms with E-state index in [0.29, 0.717) is 13.2 Å². The summed E-state index contributed by atoms with van der Waals surface area (Å²) in [5, 5.41) is 0. The van der Waals surface area contributed by atoms with Crippen LogP contribution < -0.4 is 5.48 Å². The van der Waals surface area contributed by atoms with Crippen molar-refractivity contribution in [2.45, 2.75) is 6.92 Å². The van der Waals surface area contributed by atoms with Gasteiger partial charge in [-0.1, -0.05) is 34.7 Å². The third-order valence-corrected chi connectivity index (χ3v) is 0.965. The second kappa shape index (κ2) is 5.65. The van der Waals surface area contributed by atoms with Gasteiger partial charge in [0.2, 0.25) is 0 Å². The molecule has 0 bridgehead atoms. The van der Waals surface area contributed by atoms with Gasteiger partial charge in [0.15, 0.2) is 0 Å². The van der Waals surface area contributed by atoms with E-state index in [1.807, 2.05) is 6.92 Å². The minimum absolute atomic E-state index is 0.542. The Kier molecular flexibility index (Phi) is 5.58. The highest BCUT2D eigenvalue weighted by Crippen LogP contribution is 1.96. The Balaban J connectivity index is 3.06. The summed E-state index contributed by atoms with van der Waals surface area (Å²) in [6.45, 7) is 10.4. The molecule has 2 nitrogen and oxygen atoms in total. The fourth-order valence-electron chi connectivity index (χ4n) is 0.304. The fraction of sp³-hybridized carbons (Fsp3) is 0.429. The molecule has 0 saturated heterocycles. The van der Waals surface area contributed by atoms with Crippen LogP contribution in [0.25, 0.3) is 0 Å². The molecule has 1 N–H and O–H groups in total. The molecule has 0 amide bonds. The third kappa shape index (κ3) is 7.88. The van der Waals surface area contributed by atoms with Crippen LogP contribution >= 0.6 is 15.9 Å². The molecule has 0 aromatic heterocycles. The minimum Gasteiger partial charge on any atom is -0.297 e. The fourth-order valence-corrected chi connectivity index (χ4v) is 0.418. The van der Waals surface area contributed by atoms with Crippen molar-refractivity contribution < 1.29 is 4.84 Å². The van der Waals surface area contributed by atoms with E-state index >= 15 is 0 Å². The Bertz CT molecular complexity index is 118. The van der Waals surface area contributed by atoms with Crippen molar-refractivity contribution in [3.05, 3.63) is 23.2 Å². The van der Waals surface area contributed by atoms with Gasteiger partial charge in [-0.05, 0) is 6.92 Å². The summed E-state index contributed by atoms with van der Waals surface area (Å²) < 4.78 is 0.870. The first-order valence-electron chi connectivity index (χ1n) is 2.95. The normalized spacial score (nSPS) is 9.40. The molecule has 0 spiro atoms. The molecule has 0 atom stereocenters. The highest BCUT2D eigenvalue weighted by molar-refractivity contribution is 9.11. The number of halogens is 1. The van der Waals surface area contributed by atoms with Crippen LogP contribution in [0.4, 0.5) is 0 Å². The van der Waals surface area contributed by atoms with Crippen LogP contribution in [0.15, 0.2) is 23.2 Å². The van der Waals surface area contributed by atoms with Gasteiger partial charge in [0.25, 0.3) is 0 Å². The molecule has 0 saturated carbocycles. The Morgan fingerprint density at radius 2 is 2.20 bits per heavy atom. The molecule has 0 heterocycles. The van der Waals surface area contributed by atoms with Crippen molar-refractivity contribution >= 4 is 15.9 Å². The molecule has 58 valence electrons. The average molecular weight is 206 g/mol. The van der Waals surface area contributed by atoms with Crippen LogP contribution in [0.1, 0.15) is 6.92 Å². The molecule has 0 aliphatic rings. The van der Waals surface area contributed by atoms with Gasteiger partial charge in [-0.3, -0.25) is 4.84 Å². The van der Waals surface area contributed by atoms with Crippen LogP contribution in [0.2, 0.25) is 0 Å².